The number of nitrogens with two attached hydrogens (primary N) is 1. The number of urea groups is 1. The molecule has 7 nitrogen and oxygen atoms in total. The minimum Gasteiger partial charge on any atom is -0.351 e. The molecule has 10 heteroatoms. The molecule has 2 aromatic rings. The van der Waals surface area contributed by atoms with Crippen LogP contribution in [0.25, 0.3) is 10.4 Å². The number of carbonyl (C=O) groups excluding carboxylic acids is 1. The Balaban J connectivity index is 1.97. The maximum absolute atomic E-state index is 13.5. The van der Waals surface area contributed by atoms with Crippen molar-refractivity contribution in [2.45, 2.75) is 23.1 Å². The highest BCUT2D eigenvalue weighted by Gasteiger charge is 2.27. The predicted molar refractivity (Wildman–Crippen MR) is 99.1 cm³/mol. The molecule has 1 aromatic heterocycles. The smallest absolute Gasteiger partial charge is 0.316 e. The molecule has 0 bridgehead atoms. The predicted octanol–water partition coefficient (Wildman–Crippen LogP) is 2.08. The van der Waals surface area contributed by atoms with Gasteiger partial charge >= 0.3 is 6.03 Å². The Bertz CT molecular complexity index is 908. The van der Waals surface area contributed by atoms with Gasteiger partial charge in [-0.15, -0.1) is 11.3 Å². The first-order chi connectivity index (χ1) is 12.3. The zero-order valence-electron chi connectivity index (χ0n) is 13.8. The minimum absolute atomic E-state index is 0.0545. The summed E-state index contributed by atoms with van der Waals surface area (Å²) in [6.07, 6.45) is 1.60. The molecular weight excluding hydrogens is 379 g/mol. The fraction of sp³-hybridized carbons (Fsp3) is 0.312. The van der Waals surface area contributed by atoms with Gasteiger partial charge in [-0.2, -0.15) is 0 Å². The van der Waals surface area contributed by atoms with Crippen molar-refractivity contribution in [3.63, 3.8) is 0 Å². The molecule has 0 aliphatic carbocycles. The molecule has 3 rings (SSSR count). The molecular formula is C16H19FN4O3S2. The van der Waals surface area contributed by atoms with Crippen molar-refractivity contribution in [3.8, 4) is 10.4 Å². The van der Waals surface area contributed by atoms with Gasteiger partial charge in [-0.05, 0) is 43.1 Å². The number of hydrogen-bond acceptors (Lipinski definition) is 5. The lowest BCUT2D eigenvalue weighted by atomic mass is 10.1. The van der Waals surface area contributed by atoms with Gasteiger partial charge in [-0.25, -0.2) is 22.3 Å². The van der Waals surface area contributed by atoms with Crippen LogP contribution in [0.3, 0.4) is 0 Å². The van der Waals surface area contributed by atoms with Gasteiger partial charge in [0.25, 0.3) is 10.0 Å². The summed E-state index contributed by atoms with van der Waals surface area (Å²) in [7, 11) is -3.87. The number of sulfonamides is 1. The van der Waals surface area contributed by atoms with Gasteiger partial charge < -0.3 is 16.4 Å². The number of anilines is 1. The third-order valence-corrected chi connectivity index (χ3v) is 7.17. The van der Waals surface area contributed by atoms with Crippen LogP contribution in [-0.4, -0.2) is 33.6 Å². The molecule has 26 heavy (non-hydrogen) atoms. The summed E-state index contributed by atoms with van der Waals surface area (Å²) < 4.78 is 41.7. The number of thiophene rings is 1. The molecule has 1 atom stereocenters. The summed E-state index contributed by atoms with van der Waals surface area (Å²) in [5.74, 6) is -0.434. The van der Waals surface area contributed by atoms with Crippen LogP contribution in [0.1, 0.15) is 12.8 Å². The lowest BCUT2D eigenvalue weighted by Crippen LogP contribution is -2.45. The maximum Gasteiger partial charge on any atom is 0.316 e. The summed E-state index contributed by atoms with van der Waals surface area (Å²) in [6, 6.07) is 6.18. The van der Waals surface area contributed by atoms with Crippen LogP contribution in [-0.2, 0) is 10.0 Å². The van der Waals surface area contributed by atoms with Gasteiger partial charge in [0.15, 0.2) is 4.21 Å². The number of carbonyl (C=O) groups is 1. The highest BCUT2D eigenvalue weighted by atomic mass is 32.2. The normalized spacial score (nSPS) is 17.8. The van der Waals surface area contributed by atoms with Crippen LogP contribution >= 0.6 is 11.3 Å². The second kappa shape index (κ2) is 7.70. The number of rotatable bonds is 5. The fourth-order valence-electron chi connectivity index (χ4n) is 2.80. The fourth-order valence-corrected chi connectivity index (χ4v) is 5.64. The van der Waals surface area contributed by atoms with E-state index in [1.807, 2.05) is 0 Å². The highest BCUT2D eigenvalue weighted by Crippen LogP contribution is 2.38. The Morgan fingerprint density at radius 2 is 2.15 bits per heavy atom. The number of halogens is 1. The van der Waals surface area contributed by atoms with Crippen LogP contribution < -0.4 is 21.1 Å². The Hall–Kier alpha value is -2.01. The number of benzene rings is 1. The van der Waals surface area contributed by atoms with E-state index in [1.165, 1.54) is 24.3 Å². The molecule has 2 heterocycles. The van der Waals surface area contributed by atoms with E-state index in [4.69, 9.17) is 5.73 Å². The number of amides is 2. The molecule has 1 fully saturated rings. The van der Waals surface area contributed by atoms with Crippen LogP contribution in [0.15, 0.2) is 34.5 Å². The van der Waals surface area contributed by atoms with Crippen molar-refractivity contribution in [1.82, 2.24) is 10.0 Å². The van der Waals surface area contributed by atoms with Gasteiger partial charge in [-0.3, -0.25) is 0 Å². The summed E-state index contributed by atoms with van der Waals surface area (Å²) in [4.78, 5) is 11.8. The molecule has 140 valence electrons. The number of primary amides is 1. The van der Waals surface area contributed by atoms with E-state index in [0.29, 0.717) is 17.0 Å². The number of piperidine rings is 1. The molecule has 1 aliphatic rings. The topological polar surface area (TPSA) is 113 Å². The third kappa shape index (κ3) is 4.39. The van der Waals surface area contributed by atoms with Crippen molar-refractivity contribution in [2.24, 2.45) is 5.73 Å². The first kappa shape index (κ1) is 18.8. The molecule has 0 saturated carbocycles. The zero-order valence-corrected chi connectivity index (χ0v) is 15.4. The lowest BCUT2D eigenvalue weighted by molar-refractivity contribution is 0.259. The van der Waals surface area contributed by atoms with Crippen molar-refractivity contribution in [2.75, 3.05) is 18.4 Å². The minimum atomic E-state index is -3.87. The van der Waals surface area contributed by atoms with Gasteiger partial charge in [-0.1, -0.05) is 12.1 Å². The van der Waals surface area contributed by atoms with Crippen LogP contribution in [0.5, 0.6) is 0 Å². The molecule has 0 radical (unpaired) electrons. The Morgan fingerprint density at radius 3 is 2.81 bits per heavy atom. The lowest BCUT2D eigenvalue weighted by Gasteiger charge is -2.23. The Morgan fingerprint density at radius 1 is 1.35 bits per heavy atom. The highest BCUT2D eigenvalue weighted by molar-refractivity contribution is 7.91. The van der Waals surface area contributed by atoms with Gasteiger partial charge in [0.2, 0.25) is 0 Å². The second-order valence-corrected chi connectivity index (χ2v) is 8.94. The maximum atomic E-state index is 13.5. The second-order valence-electron chi connectivity index (χ2n) is 5.98. The first-order valence-corrected chi connectivity index (χ1v) is 10.3. The average Bonchev–Trinajstić information content (AvgIpc) is 2.99. The van der Waals surface area contributed by atoms with Gasteiger partial charge in [0, 0.05) is 17.5 Å². The monoisotopic (exact) mass is 398 g/mol. The summed E-state index contributed by atoms with van der Waals surface area (Å²) in [6.45, 7) is 1.40. The van der Waals surface area contributed by atoms with E-state index < -0.39 is 21.9 Å². The van der Waals surface area contributed by atoms with Crippen molar-refractivity contribution >= 4 is 33.1 Å². The van der Waals surface area contributed by atoms with E-state index >= 15 is 0 Å². The SMILES string of the molecule is NC(=O)Nc1cc(-c2cccc(F)c2)sc1S(=O)(=O)N[C@H]1CCCNC1. The average molecular weight is 398 g/mol. The molecule has 0 unspecified atom stereocenters. The van der Waals surface area contributed by atoms with E-state index in [9.17, 15) is 17.6 Å². The van der Waals surface area contributed by atoms with Crippen molar-refractivity contribution < 1.29 is 17.6 Å². The quantitative estimate of drug-likeness (QED) is 0.617. The molecule has 2 amide bonds. The molecule has 5 N–H and O–H groups in total. The summed E-state index contributed by atoms with van der Waals surface area (Å²) in [5, 5.41) is 5.48. The van der Waals surface area contributed by atoms with Gasteiger partial charge in [0.05, 0.1) is 5.69 Å². The van der Waals surface area contributed by atoms with E-state index in [-0.39, 0.29) is 15.9 Å². The molecule has 1 aliphatic heterocycles. The van der Waals surface area contributed by atoms with Crippen LogP contribution in [0.2, 0.25) is 0 Å². The first-order valence-electron chi connectivity index (χ1n) is 8.04. The Kier molecular flexibility index (Phi) is 5.56. The summed E-state index contributed by atoms with van der Waals surface area (Å²) >= 11 is 0.951. The zero-order chi connectivity index (χ0) is 18.7. The standard InChI is InChI=1S/C16H19FN4O3S2/c17-11-4-1-3-10(7-11)14-8-13(20-16(18)22)15(25-14)26(23,24)21-12-5-2-6-19-9-12/h1,3-4,7-8,12,19,21H,2,5-6,9H2,(H3,18,20,22)/t12-/m0/s1. The number of nitrogens with one attached hydrogen (secondary N) is 3. The Labute approximate surface area is 154 Å². The van der Waals surface area contributed by atoms with E-state index in [2.05, 4.69) is 15.4 Å². The third-order valence-electron chi connectivity index (χ3n) is 3.93. The van der Waals surface area contributed by atoms with Crippen molar-refractivity contribution in [1.29, 1.82) is 0 Å². The van der Waals surface area contributed by atoms with Crippen LogP contribution in [0.4, 0.5) is 14.9 Å². The summed E-state index contributed by atoms with van der Waals surface area (Å²) in [5.41, 5.74) is 5.76. The van der Waals surface area contributed by atoms with E-state index in [1.54, 1.807) is 6.07 Å². The largest absolute Gasteiger partial charge is 0.351 e. The number of hydrogen-bond donors (Lipinski definition) is 4. The van der Waals surface area contributed by atoms with Crippen molar-refractivity contribution in [3.05, 3.63) is 36.1 Å². The molecule has 0 spiro atoms. The molecule has 1 aromatic carbocycles. The molecule has 1 saturated heterocycles. The van der Waals surface area contributed by atoms with E-state index in [0.717, 1.165) is 30.7 Å². The van der Waals surface area contributed by atoms with Gasteiger partial charge in [0.1, 0.15) is 5.82 Å². The van der Waals surface area contributed by atoms with Crippen LogP contribution in [0, 0.1) is 5.82 Å².